The predicted molar refractivity (Wildman–Crippen MR) is 59.9 cm³/mol. The Kier molecular flexibility index (Phi) is 5.04. The third kappa shape index (κ3) is 3.66. The lowest BCUT2D eigenvalue weighted by Crippen LogP contribution is -2.31. The van der Waals surface area contributed by atoms with Gasteiger partial charge in [0.1, 0.15) is 5.82 Å². The lowest BCUT2D eigenvalue weighted by atomic mass is 10.0. The van der Waals surface area contributed by atoms with Crippen LogP contribution >= 0.6 is 0 Å². The molecule has 1 unspecified atom stereocenters. The molecule has 0 radical (unpaired) electrons. The number of alkyl halides is 4. The summed E-state index contributed by atoms with van der Waals surface area (Å²) < 4.78 is 68.6. The van der Waals surface area contributed by atoms with E-state index in [1.165, 1.54) is 6.92 Å². The van der Waals surface area contributed by atoms with Crippen LogP contribution < -0.4 is 5.73 Å². The summed E-state index contributed by atoms with van der Waals surface area (Å²) in [6.45, 7) is 1.35. The fraction of sp³-hybridized carbons (Fsp3) is 0.417. The van der Waals surface area contributed by atoms with E-state index in [-0.39, 0.29) is 12.2 Å². The van der Waals surface area contributed by atoms with Crippen LogP contribution in [0.2, 0.25) is 0 Å². The average Bonchev–Trinajstić information content (AvgIpc) is 2.36. The van der Waals surface area contributed by atoms with E-state index < -0.39 is 35.7 Å². The quantitative estimate of drug-likeness (QED) is 0.687. The number of ether oxygens (including phenoxy) is 1. The summed E-state index contributed by atoms with van der Waals surface area (Å²) in [5.74, 6) is -2.78. The topological polar surface area (TPSA) is 52.3 Å². The number of nitrogens with two attached hydrogens (primary N) is 1. The van der Waals surface area contributed by atoms with E-state index in [1.54, 1.807) is 0 Å². The highest BCUT2D eigenvalue weighted by molar-refractivity contribution is 5.75. The lowest BCUT2D eigenvalue weighted by Gasteiger charge is -2.17. The molecule has 0 saturated carbocycles. The molecular weight excluding hydrogens is 285 g/mol. The predicted octanol–water partition coefficient (Wildman–Crippen LogP) is 2.75. The van der Waals surface area contributed by atoms with Crippen LogP contribution in [0.3, 0.4) is 0 Å². The van der Waals surface area contributed by atoms with E-state index in [2.05, 4.69) is 4.74 Å². The number of halogens is 5. The first kappa shape index (κ1) is 16.4. The lowest BCUT2D eigenvalue weighted by molar-refractivity contribution is -0.149. The summed E-state index contributed by atoms with van der Waals surface area (Å²) >= 11 is 0. The molecule has 20 heavy (non-hydrogen) atoms. The first-order valence-electron chi connectivity index (χ1n) is 5.61. The van der Waals surface area contributed by atoms with Gasteiger partial charge in [0.2, 0.25) is 6.17 Å². The first-order chi connectivity index (χ1) is 9.18. The van der Waals surface area contributed by atoms with E-state index in [0.717, 1.165) is 6.07 Å². The Balaban J connectivity index is 3.05. The third-order valence-corrected chi connectivity index (χ3v) is 2.51. The largest absolute Gasteiger partial charge is 0.464 e. The molecule has 112 valence electrons. The Morgan fingerprint density at radius 3 is 2.50 bits per heavy atom. The van der Waals surface area contributed by atoms with Crippen molar-refractivity contribution in [3.63, 3.8) is 0 Å². The molecule has 0 fully saturated rings. The van der Waals surface area contributed by atoms with E-state index in [0.29, 0.717) is 12.1 Å². The molecule has 0 aliphatic carbocycles. The Bertz CT molecular complexity index is 489. The number of rotatable bonds is 4. The second-order valence-corrected chi connectivity index (χ2v) is 3.92. The van der Waals surface area contributed by atoms with Crippen LogP contribution in [0.4, 0.5) is 22.0 Å². The van der Waals surface area contributed by atoms with Gasteiger partial charge >= 0.3 is 12.1 Å². The maximum atomic E-state index is 13.6. The van der Waals surface area contributed by atoms with Crippen molar-refractivity contribution >= 4 is 5.97 Å². The molecule has 2 N–H and O–H groups in total. The molecule has 0 aliphatic rings. The molecule has 0 heterocycles. The SMILES string of the molecule is CCOC(=O)C(F)[C@H](N)c1ccc(F)c(C(F)(F)F)c1. The highest BCUT2D eigenvalue weighted by atomic mass is 19.4. The smallest absolute Gasteiger partial charge is 0.419 e. The summed E-state index contributed by atoms with van der Waals surface area (Å²) in [6, 6.07) is 0.124. The average molecular weight is 297 g/mol. The van der Waals surface area contributed by atoms with Gasteiger partial charge in [0.25, 0.3) is 0 Å². The van der Waals surface area contributed by atoms with Crippen LogP contribution in [-0.2, 0) is 15.7 Å². The van der Waals surface area contributed by atoms with Gasteiger partial charge in [0.15, 0.2) is 0 Å². The second-order valence-electron chi connectivity index (χ2n) is 3.92. The zero-order chi connectivity index (χ0) is 15.5. The number of hydrogen-bond acceptors (Lipinski definition) is 3. The van der Waals surface area contributed by atoms with Crippen LogP contribution in [-0.4, -0.2) is 18.7 Å². The molecule has 3 nitrogen and oxygen atoms in total. The van der Waals surface area contributed by atoms with Gasteiger partial charge in [0.05, 0.1) is 18.2 Å². The highest BCUT2D eigenvalue weighted by Crippen LogP contribution is 2.33. The van der Waals surface area contributed by atoms with E-state index >= 15 is 0 Å². The minimum absolute atomic E-state index is 0.0941. The molecule has 0 aliphatic heterocycles. The molecule has 0 saturated heterocycles. The van der Waals surface area contributed by atoms with Crippen LogP contribution in [0.1, 0.15) is 24.1 Å². The van der Waals surface area contributed by atoms with E-state index in [9.17, 15) is 26.7 Å². The van der Waals surface area contributed by atoms with Crippen molar-refractivity contribution in [2.24, 2.45) is 5.73 Å². The normalized spacial score (nSPS) is 14.8. The fourth-order valence-corrected chi connectivity index (χ4v) is 1.50. The number of benzene rings is 1. The molecule has 0 spiro atoms. The summed E-state index contributed by atoms with van der Waals surface area (Å²) in [6.07, 6.45) is -7.27. The van der Waals surface area contributed by atoms with Gasteiger partial charge in [-0.05, 0) is 24.6 Å². The zero-order valence-electron chi connectivity index (χ0n) is 10.4. The van der Waals surface area contributed by atoms with Gasteiger partial charge in [-0.25, -0.2) is 13.6 Å². The van der Waals surface area contributed by atoms with Crippen molar-refractivity contribution in [2.75, 3.05) is 6.61 Å². The van der Waals surface area contributed by atoms with Gasteiger partial charge in [-0.2, -0.15) is 13.2 Å². The number of hydrogen-bond donors (Lipinski definition) is 1. The Hall–Kier alpha value is -1.70. The first-order valence-corrected chi connectivity index (χ1v) is 5.61. The highest BCUT2D eigenvalue weighted by Gasteiger charge is 2.36. The maximum Gasteiger partial charge on any atom is 0.419 e. The minimum atomic E-state index is -4.93. The molecule has 0 bridgehead atoms. The van der Waals surface area contributed by atoms with Gasteiger partial charge in [0, 0.05) is 0 Å². The van der Waals surface area contributed by atoms with E-state index in [1.807, 2.05) is 0 Å². The zero-order valence-corrected chi connectivity index (χ0v) is 10.4. The van der Waals surface area contributed by atoms with Crippen LogP contribution in [0, 0.1) is 5.82 Å². The maximum absolute atomic E-state index is 13.6. The van der Waals surface area contributed by atoms with Crippen molar-refractivity contribution in [3.05, 3.63) is 35.1 Å². The molecule has 2 atom stereocenters. The molecule has 1 aromatic rings. The summed E-state index contributed by atoms with van der Waals surface area (Å²) in [4.78, 5) is 11.1. The monoisotopic (exact) mass is 297 g/mol. The Morgan fingerprint density at radius 2 is 2.00 bits per heavy atom. The van der Waals surface area contributed by atoms with Crippen molar-refractivity contribution in [3.8, 4) is 0 Å². The molecule has 0 aromatic heterocycles. The Labute approximate surface area is 111 Å². The van der Waals surface area contributed by atoms with Crippen molar-refractivity contribution in [1.82, 2.24) is 0 Å². The number of esters is 1. The minimum Gasteiger partial charge on any atom is -0.464 e. The summed E-state index contributed by atoms with van der Waals surface area (Å²) in [5, 5.41) is 0. The van der Waals surface area contributed by atoms with Crippen molar-refractivity contribution in [1.29, 1.82) is 0 Å². The van der Waals surface area contributed by atoms with Gasteiger partial charge in [-0.1, -0.05) is 6.07 Å². The van der Waals surface area contributed by atoms with Crippen LogP contribution in [0.25, 0.3) is 0 Å². The molecular formula is C12H12F5NO2. The van der Waals surface area contributed by atoms with Gasteiger partial charge < -0.3 is 10.5 Å². The van der Waals surface area contributed by atoms with E-state index in [4.69, 9.17) is 5.73 Å². The van der Waals surface area contributed by atoms with Crippen molar-refractivity contribution < 1.29 is 31.5 Å². The number of carbonyl (C=O) groups is 1. The number of carbonyl (C=O) groups excluding carboxylic acids is 1. The molecule has 1 rings (SSSR count). The molecule has 8 heteroatoms. The van der Waals surface area contributed by atoms with Crippen LogP contribution in [0.15, 0.2) is 18.2 Å². The second kappa shape index (κ2) is 6.17. The Morgan fingerprint density at radius 1 is 1.40 bits per heavy atom. The van der Waals surface area contributed by atoms with Gasteiger partial charge in [-0.3, -0.25) is 0 Å². The van der Waals surface area contributed by atoms with Crippen LogP contribution in [0.5, 0.6) is 0 Å². The van der Waals surface area contributed by atoms with Gasteiger partial charge in [-0.15, -0.1) is 0 Å². The summed E-state index contributed by atoms with van der Waals surface area (Å²) in [7, 11) is 0. The molecule has 1 aromatic carbocycles. The summed E-state index contributed by atoms with van der Waals surface area (Å²) in [5.41, 5.74) is 3.45. The molecule has 0 amide bonds. The third-order valence-electron chi connectivity index (χ3n) is 2.51. The standard InChI is InChI=1S/C12H12F5NO2/c1-2-20-11(19)9(14)10(18)6-3-4-8(13)7(5-6)12(15,16)17/h3-5,9-10H,2,18H2,1H3/t9?,10-/m1/s1. The van der Waals surface area contributed by atoms with Crippen molar-refractivity contribution in [2.45, 2.75) is 25.3 Å². The fourth-order valence-electron chi connectivity index (χ4n) is 1.50.